The van der Waals surface area contributed by atoms with E-state index in [9.17, 15) is 4.91 Å². The monoisotopic (exact) mass is 158 g/mol. The van der Waals surface area contributed by atoms with Crippen molar-refractivity contribution in [2.75, 3.05) is 7.05 Å². The standard InChI is InChI=1S/C9H20NO/c1-5-6-8(2)7-9(3)10(4)11/h8-9H,5-7H2,1-4H3/q+1. The minimum atomic E-state index is 0.177. The van der Waals surface area contributed by atoms with Crippen molar-refractivity contribution in [2.45, 2.75) is 46.1 Å². The highest BCUT2D eigenvalue weighted by atomic mass is 16.3. The summed E-state index contributed by atoms with van der Waals surface area (Å²) >= 11 is 0. The molecular weight excluding hydrogens is 138 g/mol. The molecule has 0 aromatic heterocycles. The summed E-state index contributed by atoms with van der Waals surface area (Å²) in [6, 6.07) is 0.177. The van der Waals surface area contributed by atoms with Crippen LogP contribution < -0.4 is 0 Å². The van der Waals surface area contributed by atoms with Crippen LogP contribution in [0, 0.1) is 10.8 Å². The first kappa shape index (κ1) is 10.6. The molecule has 11 heavy (non-hydrogen) atoms. The van der Waals surface area contributed by atoms with Crippen molar-refractivity contribution in [3.8, 4) is 0 Å². The summed E-state index contributed by atoms with van der Waals surface area (Å²) in [7, 11) is 1.60. The summed E-state index contributed by atoms with van der Waals surface area (Å²) in [6.45, 7) is 6.38. The van der Waals surface area contributed by atoms with Crippen molar-refractivity contribution in [2.24, 2.45) is 5.92 Å². The van der Waals surface area contributed by atoms with E-state index in [1.165, 1.54) is 12.8 Å². The summed E-state index contributed by atoms with van der Waals surface area (Å²) in [5.74, 6) is 0.686. The Balaban J connectivity index is 3.56. The van der Waals surface area contributed by atoms with Crippen molar-refractivity contribution in [3.05, 3.63) is 4.91 Å². The first-order valence-corrected chi connectivity index (χ1v) is 4.47. The highest BCUT2D eigenvalue weighted by molar-refractivity contribution is 4.56. The molecule has 2 atom stereocenters. The van der Waals surface area contributed by atoms with Crippen LogP contribution in [0.3, 0.4) is 0 Å². The summed E-state index contributed by atoms with van der Waals surface area (Å²) in [5.41, 5.74) is 0. The van der Waals surface area contributed by atoms with Crippen LogP contribution in [0.1, 0.15) is 40.0 Å². The zero-order valence-corrected chi connectivity index (χ0v) is 8.13. The van der Waals surface area contributed by atoms with E-state index in [-0.39, 0.29) is 6.04 Å². The second kappa shape index (κ2) is 5.28. The fourth-order valence-electron chi connectivity index (χ4n) is 1.34. The molecule has 0 aliphatic heterocycles. The summed E-state index contributed by atoms with van der Waals surface area (Å²) in [6.07, 6.45) is 3.47. The van der Waals surface area contributed by atoms with Gasteiger partial charge in [0.2, 0.25) is 0 Å². The molecule has 0 spiro atoms. The first-order valence-electron chi connectivity index (χ1n) is 4.47. The Morgan fingerprint density at radius 2 is 1.91 bits per heavy atom. The fraction of sp³-hybridized carbons (Fsp3) is 1.00. The lowest BCUT2D eigenvalue weighted by Crippen LogP contribution is -2.19. The van der Waals surface area contributed by atoms with E-state index in [0.29, 0.717) is 5.92 Å². The predicted octanol–water partition coefficient (Wildman–Crippen LogP) is 2.61. The van der Waals surface area contributed by atoms with E-state index in [4.69, 9.17) is 0 Å². The van der Waals surface area contributed by atoms with Gasteiger partial charge in [0.25, 0.3) is 0 Å². The predicted molar refractivity (Wildman–Crippen MR) is 47.7 cm³/mol. The minimum Gasteiger partial charge on any atom is -0.0654 e. The molecule has 66 valence electrons. The topological polar surface area (TPSA) is 20.1 Å². The molecule has 0 radical (unpaired) electrons. The van der Waals surface area contributed by atoms with Gasteiger partial charge in [-0.15, -0.1) is 0 Å². The number of nitrogens with zero attached hydrogens (tertiary/aromatic N) is 1. The lowest BCUT2D eigenvalue weighted by molar-refractivity contribution is -0.556. The maximum absolute atomic E-state index is 10.8. The third-order valence-corrected chi connectivity index (χ3v) is 2.15. The molecule has 2 unspecified atom stereocenters. The molecule has 0 fully saturated rings. The summed E-state index contributed by atoms with van der Waals surface area (Å²) in [5, 5.41) is 0. The zero-order valence-electron chi connectivity index (χ0n) is 8.13. The van der Waals surface area contributed by atoms with Crippen LogP contribution in [0.4, 0.5) is 0 Å². The number of hydrogen-bond acceptors (Lipinski definition) is 1. The molecule has 2 nitrogen and oxygen atoms in total. The van der Waals surface area contributed by atoms with Gasteiger partial charge in [-0.25, -0.2) is 0 Å². The van der Waals surface area contributed by atoms with Gasteiger partial charge in [0.1, 0.15) is 0 Å². The van der Waals surface area contributed by atoms with Crippen LogP contribution >= 0.6 is 0 Å². The van der Waals surface area contributed by atoms with Crippen molar-refractivity contribution in [1.82, 2.24) is 0 Å². The smallest absolute Gasteiger partial charge is 0.0654 e. The molecule has 0 aromatic carbocycles. The van der Waals surface area contributed by atoms with Crippen molar-refractivity contribution < 1.29 is 4.76 Å². The highest BCUT2D eigenvalue weighted by Crippen LogP contribution is 2.13. The van der Waals surface area contributed by atoms with Crippen LogP contribution in [-0.4, -0.2) is 17.8 Å². The lowest BCUT2D eigenvalue weighted by Gasteiger charge is -2.09. The van der Waals surface area contributed by atoms with Gasteiger partial charge in [-0.05, 0) is 10.7 Å². The molecule has 0 aliphatic rings. The van der Waals surface area contributed by atoms with Crippen LogP contribution in [0.2, 0.25) is 0 Å². The van der Waals surface area contributed by atoms with Crippen molar-refractivity contribution in [1.29, 1.82) is 0 Å². The summed E-state index contributed by atoms with van der Waals surface area (Å²) < 4.78 is 1.05. The quantitative estimate of drug-likeness (QED) is 0.563. The number of rotatable bonds is 5. The molecule has 0 rings (SSSR count). The van der Waals surface area contributed by atoms with E-state index in [0.717, 1.165) is 11.2 Å². The Kier molecular flexibility index (Phi) is 5.08. The normalized spacial score (nSPS) is 16.0. The van der Waals surface area contributed by atoms with Crippen LogP contribution in [0.5, 0.6) is 0 Å². The molecule has 0 amide bonds. The van der Waals surface area contributed by atoms with E-state index >= 15 is 0 Å². The first-order chi connectivity index (χ1) is 5.07. The van der Waals surface area contributed by atoms with Crippen molar-refractivity contribution in [3.63, 3.8) is 0 Å². The van der Waals surface area contributed by atoms with E-state index in [1.807, 2.05) is 6.92 Å². The van der Waals surface area contributed by atoms with E-state index in [2.05, 4.69) is 13.8 Å². The highest BCUT2D eigenvalue weighted by Gasteiger charge is 2.16. The van der Waals surface area contributed by atoms with Gasteiger partial charge in [-0.1, -0.05) is 26.7 Å². The molecule has 0 N–H and O–H groups in total. The van der Waals surface area contributed by atoms with Gasteiger partial charge >= 0.3 is 0 Å². The third kappa shape index (κ3) is 4.93. The molecule has 2 heteroatoms. The number of nitroso groups, excluding NO2 is 1. The Hall–Kier alpha value is -0.400. The van der Waals surface area contributed by atoms with E-state index < -0.39 is 0 Å². The van der Waals surface area contributed by atoms with Crippen LogP contribution in [0.25, 0.3) is 0 Å². The lowest BCUT2D eigenvalue weighted by atomic mass is 9.98. The molecule has 0 aliphatic carbocycles. The summed E-state index contributed by atoms with van der Waals surface area (Å²) in [4.78, 5) is 10.8. The largest absolute Gasteiger partial charge is 0.198 e. The average molecular weight is 158 g/mol. The van der Waals surface area contributed by atoms with Crippen LogP contribution in [-0.2, 0) is 0 Å². The van der Waals surface area contributed by atoms with Gasteiger partial charge in [0, 0.05) is 18.3 Å². The van der Waals surface area contributed by atoms with Gasteiger partial charge in [0.05, 0.1) is 0 Å². The Morgan fingerprint density at radius 3 is 2.27 bits per heavy atom. The van der Waals surface area contributed by atoms with Gasteiger partial charge < -0.3 is 0 Å². The molecule has 0 saturated carbocycles. The molecule has 0 bridgehead atoms. The molecule has 0 saturated heterocycles. The van der Waals surface area contributed by atoms with E-state index in [1.54, 1.807) is 7.05 Å². The van der Waals surface area contributed by atoms with Gasteiger partial charge in [-0.3, -0.25) is 0 Å². The number of hydrogen-bond donors (Lipinski definition) is 0. The minimum absolute atomic E-state index is 0.177. The van der Waals surface area contributed by atoms with Crippen LogP contribution in [0.15, 0.2) is 0 Å². The van der Waals surface area contributed by atoms with Gasteiger partial charge in [-0.2, -0.15) is 0 Å². The van der Waals surface area contributed by atoms with Gasteiger partial charge in [0.15, 0.2) is 13.1 Å². The Labute approximate surface area is 69.6 Å². The molecule has 0 heterocycles. The average Bonchev–Trinajstić information content (AvgIpc) is 1.87. The van der Waals surface area contributed by atoms with Crippen molar-refractivity contribution >= 4 is 0 Å². The SMILES string of the molecule is CCCC(C)CC(C)[N+](C)=O. The Bertz CT molecular complexity index is 123. The fourth-order valence-corrected chi connectivity index (χ4v) is 1.34. The maximum atomic E-state index is 10.8. The molecular formula is C9H20NO+. The maximum Gasteiger partial charge on any atom is 0.198 e. The second-order valence-electron chi connectivity index (χ2n) is 3.52. The second-order valence-corrected chi connectivity index (χ2v) is 3.52. The zero-order chi connectivity index (χ0) is 8.85. The third-order valence-electron chi connectivity index (χ3n) is 2.15. The Morgan fingerprint density at radius 1 is 1.36 bits per heavy atom. The molecule has 0 aromatic rings.